The minimum Gasteiger partial charge on any atom is -1.00 e. The fourth-order valence-corrected chi connectivity index (χ4v) is 10.5. The van der Waals surface area contributed by atoms with Crippen LogP contribution in [0.15, 0.2) is 130 Å². The smallest absolute Gasteiger partial charge is 0.233 e. The molecule has 0 bridgehead atoms. The summed E-state index contributed by atoms with van der Waals surface area (Å²) >= 11 is 11.6. The highest BCUT2D eigenvalue weighted by atomic mass is 35.5. The molecule has 3 aliphatic heterocycles. The number of hydrogen-bond acceptors (Lipinski definition) is 20. The van der Waals surface area contributed by atoms with E-state index in [2.05, 4.69) is 185 Å². The highest BCUT2D eigenvalue weighted by Crippen LogP contribution is 2.40. The van der Waals surface area contributed by atoms with E-state index in [-0.39, 0.29) is 52.8 Å². The van der Waals surface area contributed by atoms with Gasteiger partial charge in [0.1, 0.15) is 34.2 Å². The lowest BCUT2D eigenvalue weighted by Gasteiger charge is -2.23. The second-order valence-electron chi connectivity index (χ2n) is 24.2. The first kappa shape index (κ1) is 68.3. The summed E-state index contributed by atoms with van der Waals surface area (Å²) in [6.45, 7) is 5.97. The molecule has 5 heterocycles. The number of anilines is 6. The molecule has 0 aliphatic carbocycles. The Morgan fingerprint density at radius 2 is 0.898 bits per heavy atom. The van der Waals surface area contributed by atoms with E-state index in [9.17, 15) is 10.2 Å². The minimum atomic E-state index is 0. The summed E-state index contributed by atoms with van der Waals surface area (Å²) in [6.07, 6.45) is 3.46. The molecular weight excluding hydrogens is 1200 g/mol. The number of rotatable bonds is 15. The van der Waals surface area contributed by atoms with Crippen molar-refractivity contribution in [1.82, 2.24) is 58.9 Å². The molecule has 11 rings (SSSR count). The molecular formula is C62H80Cl4N20O2. The van der Waals surface area contributed by atoms with Crippen LogP contribution in [0.2, 0.25) is 10.6 Å². The number of hydrogen-bond donors (Lipinski definition) is 5. The van der Waals surface area contributed by atoms with Crippen molar-refractivity contribution in [2.75, 3.05) is 144 Å². The molecule has 3 aliphatic rings. The zero-order chi connectivity index (χ0) is 61.5. The summed E-state index contributed by atoms with van der Waals surface area (Å²) in [6, 6.07) is 35.9. The average molecular weight is 1280 g/mol. The van der Waals surface area contributed by atoms with Gasteiger partial charge >= 0.3 is 0 Å². The Bertz CT molecular complexity index is 3620. The molecule has 0 amide bonds. The summed E-state index contributed by atoms with van der Waals surface area (Å²) in [5.74, 6) is 2.33. The Morgan fingerprint density at radius 1 is 0.500 bits per heavy atom. The van der Waals surface area contributed by atoms with Crippen molar-refractivity contribution in [2.24, 2.45) is 20.5 Å². The number of halogens is 4. The van der Waals surface area contributed by atoms with E-state index in [0.29, 0.717) is 67.3 Å². The van der Waals surface area contributed by atoms with Gasteiger partial charge in [0.15, 0.2) is 0 Å². The Hall–Kier alpha value is -7.22. The van der Waals surface area contributed by atoms with Crippen LogP contribution in [-0.4, -0.2) is 197 Å². The predicted octanol–water partition coefficient (Wildman–Crippen LogP) is 5.68. The summed E-state index contributed by atoms with van der Waals surface area (Å²) in [4.78, 5) is 37.6. The normalized spacial score (nSPS) is 16.9. The topological polar surface area (TPSA) is 220 Å². The summed E-state index contributed by atoms with van der Waals surface area (Å²) < 4.78 is 1.30. The van der Waals surface area contributed by atoms with Gasteiger partial charge in [-0.15, -0.1) is 10.2 Å². The molecule has 3 atom stereocenters. The maximum Gasteiger partial charge on any atom is 0.233 e. The minimum absolute atomic E-state index is 0. The van der Waals surface area contributed by atoms with Gasteiger partial charge in [-0.1, -0.05) is 12.1 Å². The van der Waals surface area contributed by atoms with Gasteiger partial charge in [-0.3, -0.25) is 8.97 Å². The molecule has 0 spiro atoms. The van der Waals surface area contributed by atoms with Crippen molar-refractivity contribution < 1.29 is 35.0 Å². The van der Waals surface area contributed by atoms with Gasteiger partial charge in [-0.25, -0.2) is 0 Å². The number of nitrogens with one attached hydrogen (secondary N) is 3. The van der Waals surface area contributed by atoms with E-state index < -0.39 is 0 Å². The third-order valence-electron chi connectivity index (χ3n) is 15.5. The lowest BCUT2D eigenvalue weighted by Crippen LogP contribution is -3.00. The van der Waals surface area contributed by atoms with Crippen molar-refractivity contribution in [1.29, 1.82) is 0 Å². The van der Waals surface area contributed by atoms with Gasteiger partial charge in [-0.05, 0) is 187 Å². The van der Waals surface area contributed by atoms with E-state index >= 15 is 0 Å². The highest BCUT2D eigenvalue weighted by molar-refractivity contribution is 6.31. The van der Waals surface area contributed by atoms with Crippen molar-refractivity contribution in [3.63, 3.8) is 0 Å². The van der Waals surface area contributed by atoms with Gasteiger partial charge in [0, 0.05) is 85.1 Å². The maximum absolute atomic E-state index is 10.7. The molecule has 2 aromatic heterocycles. The number of fused-ring (bicyclic) bond motifs is 2. The van der Waals surface area contributed by atoms with Gasteiger partial charge in [-0.2, -0.15) is 40.1 Å². The van der Waals surface area contributed by atoms with Crippen LogP contribution < -0.4 is 59.5 Å². The average Bonchev–Trinajstić information content (AvgIpc) is 1.13. The molecule has 0 radical (unpaired) electrons. The first-order chi connectivity index (χ1) is 40.9. The Kier molecular flexibility index (Phi) is 23.2. The number of quaternary nitrogens is 2. The van der Waals surface area contributed by atoms with Gasteiger partial charge in [0.25, 0.3) is 0 Å². The van der Waals surface area contributed by atoms with Crippen LogP contribution in [0.3, 0.4) is 0 Å². The van der Waals surface area contributed by atoms with Crippen LogP contribution in [0.5, 0.6) is 11.5 Å². The van der Waals surface area contributed by atoms with E-state index in [1.807, 2.05) is 48.5 Å². The highest BCUT2D eigenvalue weighted by Gasteiger charge is 2.30. The second-order valence-corrected chi connectivity index (χ2v) is 24.9. The molecule has 26 heteroatoms. The lowest BCUT2D eigenvalue weighted by molar-refractivity contribution is -0.001000. The van der Waals surface area contributed by atoms with Crippen molar-refractivity contribution in [3.05, 3.63) is 120 Å². The molecule has 3 fully saturated rings. The summed E-state index contributed by atoms with van der Waals surface area (Å²) in [5.41, 5.74) is 5.91. The van der Waals surface area contributed by atoms with Crippen LogP contribution in [0.25, 0.3) is 21.5 Å². The second kappa shape index (κ2) is 29.9. The van der Waals surface area contributed by atoms with Gasteiger partial charge in [0.05, 0.1) is 53.7 Å². The molecule has 5 N–H and O–H groups in total. The number of likely N-dealkylation sites (N-methyl/N-ethyl adjacent to an activating group) is 3. The SMILES string of the molecule is CN(C)C1CCN(c2nc(Nc3ccc(N=Nc4c(O)ccc5ccc([N+](C)(C)C)cc45)cc3)nc(N3CCC(N(C)C)C3)n2)C1.CN(C)C1CCNC1.C[N+](C)(C)c1ccc2ccc(O)c(N=Nc3ccc(Nc4nc(Cl)nc(Cl)n4)cc3)c2c1.[Cl-].[Cl-]. The molecule has 88 heavy (non-hydrogen) atoms. The largest absolute Gasteiger partial charge is 1.00 e. The van der Waals surface area contributed by atoms with Crippen molar-refractivity contribution in [3.8, 4) is 11.5 Å². The Balaban J connectivity index is 0.000000228. The third-order valence-corrected chi connectivity index (χ3v) is 15.9. The van der Waals surface area contributed by atoms with Gasteiger partial charge < -0.3 is 75.5 Å². The number of aromatic hydroxyl groups is 2. The van der Waals surface area contributed by atoms with Gasteiger partial charge in [0.2, 0.25) is 34.4 Å². The molecule has 0 saturated carbocycles. The maximum atomic E-state index is 10.7. The molecule has 22 nitrogen and oxygen atoms in total. The number of azo groups is 2. The Morgan fingerprint density at radius 3 is 1.25 bits per heavy atom. The first-order valence-corrected chi connectivity index (χ1v) is 29.5. The molecule has 3 saturated heterocycles. The van der Waals surface area contributed by atoms with Crippen LogP contribution in [0, 0.1) is 0 Å². The van der Waals surface area contributed by atoms with E-state index in [4.69, 9.17) is 38.2 Å². The van der Waals surface area contributed by atoms with Crippen LogP contribution in [0.1, 0.15) is 19.3 Å². The zero-order valence-corrected chi connectivity index (χ0v) is 55.0. The quantitative estimate of drug-likeness (QED) is 0.0616. The number of phenolic OH excluding ortho intramolecular Hbond substituents is 2. The fourth-order valence-electron chi connectivity index (χ4n) is 10.1. The summed E-state index contributed by atoms with van der Waals surface area (Å²) in [7, 11) is 25.4. The standard InChI is InChI=1S/C34H45N11O.C22H19Cl2N7O.C6H14N2.2ClH/c1-41(2)26-16-18-43(21-26)33-36-32(37-34(38-33)44-19-17-27(22-44)42(3)4)35-24-10-12-25(13-11-24)39-40-31-29-20-28(45(5,6)7)14-8-23(29)9-15-30(31)46;1-31(2,3)16-10-4-13-5-11-18(32)19(17(13)12-16)30-29-15-8-6-14(7-9-15)25-22-27-20(23)26-21(24)28-22;1-8(2)6-3-4-7-5-6;;/h8-15,20,26-27H,16-19,21-22H2,1-7H3,(H-,35,36,37,38,39,40,46);4-12H,1-3H3,(H-,25,26,27,28,29,30,32);6-7H,3-5H2,1-2H3;2*1H. The van der Waals surface area contributed by atoms with E-state index in [1.165, 1.54) is 19.5 Å². The monoisotopic (exact) mass is 1280 g/mol. The molecule has 8 aromatic rings. The first-order valence-electron chi connectivity index (χ1n) is 28.7. The van der Waals surface area contributed by atoms with Crippen molar-refractivity contribution in [2.45, 2.75) is 37.4 Å². The molecule has 3 unspecified atom stereocenters. The van der Waals surface area contributed by atoms with E-state index in [0.717, 1.165) is 83.7 Å². The molecule has 468 valence electrons. The van der Waals surface area contributed by atoms with Crippen molar-refractivity contribution >= 4 is 114 Å². The zero-order valence-electron chi connectivity index (χ0n) is 52.0. The number of phenols is 2. The van der Waals surface area contributed by atoms with Crippen LogP contribution in [-0.2, 0) is 0 Å². The predicted molar refractivity (Wildman–Crippen MR) is 351 cm³/mol. The third kappa shape index (κ3) is 17.8. The number of benzene rings is 6. The molecule has 6 aromatic carbocycles. The number of nitrogens with zero attached hydrogens (tertiary/aromatic N) is 17. The number of aromatic nitrogens is 6. The summed E-state index contributed by atoms with van der Waals surface area (Å²) in [5, 5.41) is 52.1. The Labute approximate surface area is 538 Å². The van der Waals surface area contributed by atoms with Crippen LogP contribution in [0.4, 0.5) is 69.3 Å². The fraction of sp³-hybridized carbons (Fsp3) is 0.387. The van der Waals surface area contributed by atoms with E-state index in [1.54, 1.807) is 36.4 Å². The lowest BCUT2D eigenvalue weighted by atomic mass is 10.1. The van der Waals surface area contributed by atoms with Crippen LogP contribution >= 0.6 is 23.2 Å².